The summed E-state index contributed by atoms with van der Waals surface area (Å²) in [5.74, 6) is 0.811. The van der Waals surface area contributed by atoms with Gasteiger partial charge in [-0.3, -0.25) is 4.79 Å². The van der Waals surface area contributed by atoms with Crippen LogP contribution in [0.25, 0.3) is 0 Å². The number of amides is 1. The van der Waals surface area contributed by atoms with E-state index in [2.05, 4.69) is 10.6 Å². The van der Waals surface area contributed by atoms with E-state index in [1.165, 1.54) is 32.1 Å². The summed E-state index contributed by atoms with van der Waals surface area (Å²) in [6.45, 7) is 4.66. The zero-order valence-corrected chi connectivity index (χ0v) is 10.2. The molecule has 0 aromatic carbocycles. The number of rotatable bonds is 4. The van der Waals surface area contributed by atoms with Gasteiger partial charge in [-0.25, -0.2) is 0 Å². The summed E-state index contributed by atoms with van der Waals surface area (Å²) in [4.78, 5) is 11.8. The first-order valence-electron chi connectivity index (χ1n) is 6.03. The van der Waals surface area contributed by atoms with Crippen LogP contribution in [0.3, 0.4) is 0 Å². The molecule has 3 nitrogen and oxygen atoms in total. The minimum Gasteiger partial charge on any atom is -0.354 e. The molecule has 0 aliphatic heterocycles. The zero-order chi connectivity index (χ0) is 11.3. The quantitative estimate of drug-likeness (QED) is 0.744. The smallest absolute Gasteiger partial charge is 0.239 e. The molecular weight excluding hydrogens is 188 g/mol. The summed E-state index contributed by atoms with van der Waals surface area (Å²) in [5, 5.41) is 6.06. The Kier molecular flexibility index (Phi) is 4.58. The van der Waals surface area contributed by atoms with E-state index in [0.29, 0.717) is 5.92 Å². The SMILES string of the molecule is CNC(C)(C)C(=O)NCC1CCCCC1. The normalized spacial score (nSPS) is 18.9. The van der Waals surface area contributed by atoms with E-state index in [4.69, 9.17) is 0 Å². The minimum absolute atomic E-state index is 0.107. The Bertz CT molecular complexity index is 208. The van der Waals surface area contributed by atoms with Gasteiger partial charge in [0.2, 0.25) is 5.91 Å². The van der Waals surface area contributed by atoms with Crippen LogP contribution in [-0.4, -0.2) is 25.0 Å². The Hall–Kier alpha value is -0.570. The molecule has 1 saturated carbocycles. The second-order valence-electron chi connectivity index (χ2n) is 5.09. The van der Waals surface area contributed by atoms with Crippen molar-refractivity contribution in [1.82, 2.24) is 10.6 Å². The fourth-order valence-electron chi connectivity index (χ4n) is 1.96. The van der Waals surface area contributed by atoms with Crippen molar-refractivity contribution in [3.63, 3.8) is 0 Å². The highest BCUT2D eigenvalue weighted by Crippen LogP contribution is 2.22. The molecule has 0 aromatic rings. The van der Waals surface area contributed by atoms with E-state index in [0.717, 1.165) is 6.54 Å². The predicted molar refractivity (Wildman–Crippen MR) is 62.7 cm³/mol. The van der Waals surface area contributed by atoms with Crippen LogP contribution in [-0.2, 0) is 4.79 Å². The van der Waals surface area contributed by atoms with Gasteiger partial charge >= 0.3 is 0 Å². The number of hydrogen-bond donors (Lipinski definition) is 2. The first-order chi connectivity index (χ1) is 7.06. The van der Waals surface area contributed by atoms with Crippen molar-refractivity contribution in [3.8, 4) is 0 Å². The molecule has 1 aliphatic carbocycles. The van der Waals surface area contributed by atoms with Gasteiger partial charge in [0, 0.05) is 6.54 Å². The standard InChI is InChI=1S/C12H24N2O/c1-12(2,13-3)11(15)14-9-10-7-5-4-6-8-10/h10,13H,4-9H2,1-3H3,(H,14,15). The highest BCUT2D eigenvalue weighted by atomic mass is 16.2. The van der Waals surface area contributed by atoms with Crippen LogP contribution in [0, 0.1) is 5.92 Å². The topological polar surface area (TPSA) is 41.1 Å². The van der Waals surface area contributed by atoms with E-state index < -0.39 is 5.54 Å². The van der Waals surface area contributed by atoms with E-state index in [1.54, 1.807) is 0 Å². The van der Waals surface area contributed by atoms with Gasteiger partial charge < -0.3 is 10.6 Å². The van der Waals surface area contributed by atoms with Crippen LogP contribution in [0.2, 0.25) is 0 Å². The number of carbonyl (C=O) groups excluding carboxylic acids is 1. The van der Waals surface area contributed by atoms with Gasteiger partial charge in [0.05, 0.1) is 5.54 Å². The lowest BCUT2D eigenvalue weighted by molar-refractivity contribution is -0.126. The van der Waals surface area contributed by atoms with Crippen LogP contribution >= 0.6 is 0 Å². The van der Waals surface area contributed by atoms with Gasteiger partial charge in [-0.15, -0.1) is 0 Å². The highest BCUT2D eigenvalue weighted by Gasteiger charge is 2.25. The molecule has 0 aromatic heterocycles. The molecule has 0 atom stereocenters. The van der Waals surface area contributed by atoms with Crippen molar-refractivity contribution < 1.29 is 4.79 Å². The third kappa shape index (κ3) is 3.82. The van der Waals surface area contributed by atoms with Gasteiger partial charge in [0.1, 0.15) is 0 Å². The molecular formula is C12H24N2O. The lowest BCUT2D eigenvalue weighted by Crippen LogP contribution is -2.52. The molecule has 0 radical (unpaired) electrons. The van der Waals surface area contributed by atoms with Crippen molar-refractivity contribution in [2.75, 3.05) is 13.6 Å². The molecule has 0 spiro atoms. The summed E-state index contributed by atoms with van der Waals surface area (Å²) in [6.07, 6.45) is 6.58. The fourth-order valence-corrected chi connectivity index (χ4v) is 1.96. The summed E-state index contributed by atoms with van der Waals surface area (Å²) < 4.78 is 0. The Labute approximate surface area is 93.0 Å². The van der Waals surface area contributed by atoms with Crippen molar-refractivity contribution >= 4 is 5.91 Å². The van der Waals surface area contributed by atoms with Crippen molar-refractivity contribution in [2.45, 2.75) is 51.5 Å². The first-order valence-corrected chi connectivity index (χ1v) is 6.03. The Morgan fingerprint density at radius 2 is 1.87 bits per heavy atom. The Morgan fingerprint density at radius 3 is 2.40 bits per heavy atom. The van der Waals surface area contributed by atoms with Crippen molar-refractivity contribution in [2.24, 2.45) is 5.92 Å². The van der Waals surface area contributed by atoms with Crippen LogP contribution in [0.4, 0.5) is 0 Å². The van der Waals surface area contributed by atoms with Crippen molar-refractivity contribution in [1.29, 1.82) is 0 Å². The molecule has 1 aliphatic rings. The number of hydrogen-bond acceptors (Lipinski definition) is 2. The van der Waals surface area contributed by atoms with Gasteiger partial charge in [-0.1, -0.05) is 19.3 Å². The molecule has 0 saturated heterocycles. The van der Waals surface area contributed by atoms with Crippen LogP contribution < -0.4 is 10.6 Å². The zero-order valence-electron chi connectivity index (χ0n) is 10.2. The third-order valence-corrected chi connectivity index (χ3v) is 3.47. The molecule has 3 heteroatoms. The monoisotopic (exact) mass is 212 g/mol. The Balaban J connectivity index is 2.26. The molecule has 88 valence electrons. The summed E-state index contributed by atoms with van der Waals surface area (Å²) in [6, 6.07) is 0. The van der Waals surface area contributed by atoms with Gasteiger partial charge in [0.15, 0.2) is 0 Å². The second kappa shape index (κ2) is 5.50. The van der Waals surface area contributed by atoms with Gasteiger partial charge in [0.25, 0.3) is 0 Å². The highest BCUT2D eigenvalue weighted by molar-refractivity contribution is 5.85. The molecule has 1 amide bonds. The molecule has 0 heterocycles. The average Bonchev–Trinajstić information content (AvgIpc) is 2.27. The molecule has 0 bridgehead atoms. The molecule has 0 unspecified atom stereocenters. The van der Waals surface area contributed by atoms with Crippen LogP contribution in [0.5, 0.6) is 0 Å². The van der Waals surface area contributed by atoms with Crippen molar-refractivity contribution in [3.05, 3.63) is 0 Å². The lowest BCUT2D eigenvalue weighted by Gasteiger charge is -2.26. The largest absolute Gasteiger partial charge is 0.354 e. The lowest BCUT2D eigenvalue weighted by atomic mass is 9.89. The van der Waals surface area contributed by atoms with E-state index >= 15 is 0 Å². The maximum Gasteiger partial charge on any atom is 0.239 e. The molecule has 1 rings (SSSR count). The Morgan fingerprint density at radius 1 is 1.27 bits per heavy atom. The first kappa shape index (κ1) is 12.5. The van der Waals surface area contributed by atoms with Crippen LogP contribution in [0.15, 0.2) is 0 Å². The third-order valence-electron chi connectivity index (χ3n) is 3.47. The maximum atomic E-state index is 11.8. The fraction of sp³-hybridized carbons (Fsp3) is 0.917. The summed E-state index contributed by atoms with van der Waals surface area (Å²) in [5.41, 5.74) is -0.450. The average molecular weight is 212 g/mol. The van der Waals surface area contributed by atoms with Gasteiger partial charge in [-0.05, 0) is 39.7 Å². The maximum absolute atomic E-state index is 11.8. The predicted octanol–water partition coefficient (Wildman–Crippen LogP) is 1.68. The van der Waals surface area contributed by atoms with E-state index in [-0.39, 0.29) is 5.91 Å². The number of carbonyl (C=O) groups is 1. The molecule has 2 N–H and O–H groups in total. The van der Waals surface area contributed by atoms with E-state index in [9.17, 15) is 4.79 Å². The van der Waals surface area contributed by atoms with Gasteiger partial charge in [-0.2, -0.15) is 0 Å². The second-order valence-corrected chi connectivity index (χ2v) is 5.09. The molecule has 15 heavy (non-hydrogen) atoms. The molecule has 1 fully saturated rings. The minimum atomic E-state index is -0.450. The van der Waals surface area contributed by atoms with Crippen LogP contribution in [0.1, 0.15) is 46.0 Å². The summed E-state index contributed by atoms with van der Waals surface area (Å²) in [7, 11) is 1.82. The summed E-state index contributed by atoms with van der Waals surface area (Å²) >= 11 is 0. The number of nitrogens with one attached hydrogen (secondary N) is 2. The number of likely N-dealkylation sites (N-methyl/N-ethyl adjacent to an activating group) is 1. The van der Waals surface area contributed by atoms with E-state index in [1.807, 2.05) is 20.9 Å².